The van der Waals surface area contributed by atoms with Crippen molar-refractivity contribution in [2.45, 2.75) is 44.7 Å². The summed E-state index contributed by atoms with van der Waals surface area (Å²) in [5, 5.41) is 7.10. The number of oxazole rings is 1. The zero-order valence-corrected chi connectivity index (χ0v) is 18.0. The van der Waals surface area contributed by atoms with E-state index in [9.17, 15) is 4.79 Å². The summed E-state index contributed by atoms with van der Waals surface area (Å²) >= 11 is 12.4. The van der Waals surface area contributed by atoms with Crippen molar-refractivity contribution >= 4 is 29.2 Å². The molecule has 0 saturated heterocycles. The third-order valence-corrected chi connectivity index (χ3v) is 5.83. The van der Waals surface area contributed by atoms with Gasteiger partial charge in [0.15, 0.2) is 5.76 Å². The van der Waals surface area contributed by atoms with Crippen LogP contribution in [0, 0.1) is 0 Å². The quantitative estimate of drug-likeness (QED) is 0.476. The number of halogens is 2. The molecule has 30 heavy (non-hydrogen) atoms. The van der Waals surface area contributed by atoms with Crippen LogP contribution in [-0.2, 0) is 6.54 Å². The van der Waals surface area contributed by atoms with Crippen LogP contribution in [0.25, 0.3) is 22.6 Å². The summed E-state index contributed by atoms with van der Waals surface area (Å²) in [6.45, 7) is 0.184. The number of hydrogen-bond donors (Lipinski definition) is 2. The Morgan fingerprint density at radius 1 is 1.03 bits per heavy atom. The second kappa shape index (κ2) is 9.54. The van der Waals surface area contributed by atoms with Crippen molar-refractivity contribution in [1.29, 1.82) is 0 Å². The lowest BCUT2D eigenvalue weighted by Crippen LogP contribution is -2.42. The van der Waals surface area contributed by atoms with Crippen molar-refractivity contribution in [1.82, 2.24) is 15.6 Å². The Bertz CT molecular complexity index is 1010. The van der Waals surface area contributed by atoms with Crippen molar-refractivity contribution < 1.29 is 9.21 Å². The molecule has 1 saturated carbocycles. The van der Waals surface area contributed by atoms with Gasteiger partial charge >= 0.3 is 6.03 Å². The summed E-state index contributed by atoms with van der Waals surface area (Å²) in [6.07, 6.45) is 5.63. The number of urea groups is 1. The number of benzene rings is 2. The van der Waals surface area contributed by atoms with Crippen LogP contribution in [0.3, 0.4) is 0 Å². The Morgan fingerprint density at radius 2 is 1.77 bits per heavy atom. The van der Waals surface area contributed by atoms with E-state index in [-0.39, 0.29) is 18.6 Å². The van der Waals surface area contributed by atoms with E-state index in [1.807, 2.05) is 36.4 Å². The minimum atomic E-state index is -0.201. The average molecular weight is 444 g/mol. The molecule has 0 radical (unpaired) electrons. The van der Waals surface area contributed by atoms with Crippen LogP contribution < -0.4 is 10.6 Å². The van der Waals surface area contributed by atoms with Crippen LogP contribution in [-0.4, -0.2) is 17.1 Å². The maximum atomic E-state index is 12.3. The molecule has 0 spiro atoms. The van der Waals surface area contributed by atoms with Gasteiger partial charge in [0.25, 0.3) is 0 Å². The van der Waals surface area contributed by atoms with Crippen molar-refractivity contribution in [2.24, 2.45) is 0 Å². The lowest BCUT2D eigenvalue weighted by Gasteiger charge is -2.22. The van der Waals surface area contributed by atoms with Gasteiger partial charge < -0.3 is 15.1 Å². The first-order valence-corrected chi connectivity index (χ1v) is 10.9. The molecule has 1 fully saturated rings. The monoisotopic (exact) mass is 443 g/mol. The van der Waals surface area contributed by atoms with Gasteiger partial charge in [-0.15, -0.1) is 0 Å². The summed E-state index contributed by atoms with van der Waals surface area (Å²) in [7, 11) is 0. The average Bonchev–Trinajstić information content (AvgIpc) is 3.18. The minimum Gasteiger partial charge on any atom is -0.438 e. The van der Waals surface area contributed by atoms with Crippen LogP contribution in [0.1, 0.15) is 38.0 Å². The SMILES string of the molecule is O=C(NCc1nc(-c2ccccc2Cl)c(-c2ccc(Cl)cc2)o1)NC1CCCCC1. The van der Waals surface area contributed by atoms with E-state index in [4.69, 9.17) is 27.6 Å². The van der Waals surface area contributed by atoms with Gasteiger partial charge in [-0.3, -0.25) is 0 Å². The Balaban J connectivity index is 1.55. The molecule has 1 heterocycles. The zero-order valence-electron chi connectivity index (χ0n) is 16.5. The maximum absolute atomic E-state index is 12.3. The molecule has 1 aliphatic rings. The first kappa shape index (κ1) is 20.8. The number of aromatic nitrogens is 1. The van der Waals surface area contributed by atoms with Crippen LogP contribution in [0.15, 0.2) is 52.9 Å². The first-order chi connectivity index (χ1) is 14.6. The van der Waals surface area contributed by atoms with Crippen LogP contribution in [0.2, 0.25) is 10.0 Å². The molecule has 0 atom stereocenters. The van der Waals surface area contributed by atoms with E-state index in [2.05, 4.69) is 15.6 Å². The highest BCUT2D eigenvalue weighted by Gasteiger charge is 2.20. The van der Waals surface area contributed by atoms with E-state index in [0.717, 1.165) is 36.8 Å². The number of amides is 2. The van der Waals surface area contributed by atoms with Crippen molar-refractivity contribution in [3.05, 3.63) is 64.5 Å². The van der Waals surface area contributed by atoms with Gasteiger partial charge in [0.05, 0.1) is 11.6 Å². The highest BCUT2D eigenvalue weighted by atomic mass is 35.5. The topological polar surface area (TPSA) is 67.2 Å². The number of nitrogens with one attached hydrogen (secondary N) is 2. The van der Waals surface area contributed by atoms with Crippen molar-refractivity contribution in [2.75, 3.05) is 0 Å². The zero-order chi connectivity index (χ0) is 20.9. The number of hydrogen-bond acceptors (Lipinski definition) is 3. The Morgan fingerprint density at radius 3 is 2.50 bits per heavy atom. The molecule has 2 N–H and O–H groups in total. The summed E-state index contributed by atoms with van der Waals surface area (Å²) < 4.78 is 6.04. The molecule has 156 valence electrons. The van der Waals surface area contributed by atoms with E-state index >= 15 is 0 Å². The van der Waals surface area contributed by atoms with Crippen LogP contribution in [0.5, 0.6) is 0 Å². The number of rotatable bonds is 5. The third kappa shape index (κ3) is 4.97. The Hall–Kier alpha value is -2.50. The molecule has 2 amide bonds. The Kier molecular flexibility index (Phi) is 6.60. The van der Waals surface area contributed by atoms with E-state index in [1.165, 1.54) is 6.42 Å². The van der Waals surface area contributed by atoms with Gasteiger partial charge in [-0.25, -0.2) is 9.78 Å². The third-order valence-electron chi connectivity index (χ3n) is 5.25. The predicted molar refractivity (Wildman–Crippen MR) is 120 cm³/mol. The van der Waals surface area contributed by atoms with Gasteiger partial charge in [-0.05, 0) is 43.2 Å². The van der Waals surface area contributed by atoms with Gasteiger partial charge in [0, 0.05) is 22.2 Å². The van der Waals surface area contributed by atoms with Gasteiger partial charge in [-0.2, -0.15) is 0 Å². The summed E-state index contributed by atoms with van der Waals surface area (Å²) in [6, 6.07) is 14.9. The minimum absolute atomic E-state index is 0.184. The first-order valence-electron chi connectivity index (χ1n) is 10.1. The molecular weight excluding hydrogens is 421 g/mol. The Labute approximate surface area is 185 Å². The van der Waals surface area contributed by atoms with E-state index in [0.29, 0.717) is 27.4 Å². The molecule has 5 nitrogen and oxygen atoms in total. The number of carbonyl (C=O) groups is 1. The summed E-state index contributed by atoms with van der Waals surface area (Å²) in [5.74, 6) is 0.998. The largest absolute Gasteiger partial charge is 0.438 e. The second-order valence-electron chi connectivity index (χ2n) is 7.43. The van der Waals surface area contributed by atoms with Gasteiger partial charge in [0.1, 0.15) is 5.69 Å². The standard InChI is InChI=1S/C23H23Cl2N3O2/c24-16-12-10-15(11-13-16)22-21(18-8-4-5-9-19(18)25)28-20(30-22)14-26-23(29)27-17-6-2-1-3-7-17/h4-5,8-13,17H,1-3,6-7,14H2,(H2,26,27,29). The second-order valence-corrected chi connectivity index (χ2v) is 8.28. The smallest absolute Gasteiger partial charge is 0.315 e. The molecule has 0 unspecified atom stereocenters. The van der Waals surface area contributed by atoms with E-state index < -0.39 is 0 Å². The summed E-state index contributed by atoms with van der Waals surface area (Å²) in [4.78, 5) is 16.9. The van der Waals surface area contributed by atoms with Crippen LogP contribution in [0.4, 0.5) is 4.79 Å². The predicted octanol–water partition coefficient (Wildman–Crippen LogP) is 6.45. The number of nitrogens with zero attached hydrogens (tertiary/aromatic N) is 1. The number of carbonyl (C=O) groups excluding carboxylic acids is 1. The van der Waals surface area contributed by atoms with Crippen molar-refractivity contribution in [3.63, 3.8) is 0 Å². The molecule has 0 aliphatic heterocycles. The molecule has 4 rings (SSSR count). The van der Waals surface area contributed by atoms with Crippen LogP contribution >= 0.6 is 23.2 Å². The highest BCUT2D eigenvalue weighted by Crippen LogP contribution is 2.36. The molecule has 1 aliphatic carbocycles. The molecule has 7 heteroatoms. The highest BCUT2D eigenvalue weighted by molar-refractivity contribution is 6.33. The van der Waals surface area contributed by atoms with Gasteiger partial charge in [0.2, 0.25) is 5.89 Å². The van der Waals surface area contributed by atoms with E-state index in [1.54, 1.807) is 12.1 Å². The molecular formula is C23H23Cl2N3O2. The normalized spacial score (nSPS) is 14.5. The lowest BCUT2D eigenvalue weighted by molar-refractivity contribution is 0.231. The van der Waals surface area contributed by atoms with Gasteiger partial charge in [-0.1, -0.05) is 60.7 Å². The van der Waals surface area contributed by atoms with Crippen molar-refractivity contribution in [3.8, 4) is 22.6 Å². The molecule has 3 aromatic rings. The summed E-state index contributed by atoms with van der Waals surface area (Å²) in [5.41, 5.74) is 2.23. The fourth-order valence-electron chi connectivity index (χ4n) is 3.71. The lowest BCUT2D eigenvalue weighted by atomic mass is 9.96. The molecule has 1 aromatic heterocycles. The molecule has 0 bridgehead atoms. The fraction of sp³-hybridized carbons (Fsp3) is 0.304. The molecule has 2 aromatic carbocycles. The maximum Gasteiger partial charge on any atom is 0.315 e. The fourth-order valence-corrected chi connectivity index (χ4v) is 4.06.